The number of hydrogen-bond donors (Lipinski definition) is 1. The van der Waals surface area contributed by atoms with Crippen LogP contribution in [0, 0.1) is 11.3 Å². The molecule has 0 amide bonds. The molecule has 1 aliphatic rings. The molecule has 4 nitrogen and oxygen atoms in total. The molecule has 3 atom stereocenters. The molecule has 0 spiro atoms. The van der Waals surface area contributed by atoms with E-state index in [0.29, 0.717) is 12.1 Å². The van der Waals surface area contributed by atoms with Gasteiger partial charge in [0.1, 0.15) is 0 Å². The van der Waals surface area contributed by atoms with E-state index in [4.69, 9.17) is 15.7 Å². The lowest BCUT2D eigenvalue weighted by molar-refractivity contribution is -0.0496. The van der Waals surface area contributed by atoms with Crippen molar-refractivity contribution in [2.45, 2.75) is 38.5 Å². The van der Waals surface area contributed by atoms with Gasteiger partial charge in [-0.15, -0.1) is 0 Å². The van der Waals surface area contributed by atoms with E-state index >= 15 is 0 Å². The zero-order valence-corrected chi connectivity index (χ0v) is 8.94. The molecule has 0 aromatic rings. The van der Waals surface area contributed by atoms with E-state index in [1.54, 1.807) is 0 Å². The maximum Gasteiger partial charge on any atom is 0.0940 e. The summed E-state index contributed by atoms with van der Waals surface area (Å²) >= 11 is 0. The fraction of sp³-hybridized carbons (Fsp3) is 0.900. The molecule has 1 saturated heterocycles. The summed E-state index contributed by atoms with van der Waals surface area (Å²) in [7, 11) is 0. The van der Waals surface area contributed by atoms with Crippen molar-refractivity contribution < 1.29 is 4.74 Å². The Balaban J connectivity index is 2.31. The van der Waals surface area contributed by atoms with Crippen molar-refractivity contribution in [1.82, 2.24) is 4.90 Å². The van der Waals surface area contributed by atoms with Crippen LogP contribution in [0.2, 0.25) is 0 Å². The van der Waals surface area contributed by atoms with Gasteiger partial charge in [0.15, 0.2) is 0 Å². The van der Waals surface area contributed by atoms with E-state index in [9.17, 15) is 0 Å². The SMILES string of the molecule is CC1CN(CCC(N)C#N)C(C)CO1. The minimum atomic E-state index is -0.333. The van der Waals surface area contributed by atoms with Crippen molar-refractivity contribution in [1.29, 1.82) is 5.26 Å². The summed E-state index contributed by atoms with van der Waals surface area (Å²) in [5.41, 5.74) is 5.55. The summed E-state index contributed by atoms with van der Waals surface area (Å²) in [6, 6.07) is 2.16. The second-order valence-electron chi connectivity index (χ2n) is 4.01. The first-order valence-corrected chi connectivity index (χ1v) is 5.14. The zero-order chi connectivity index (χ0) is 10.6. The highest BCUT2D eigenvalue weighted by Gasteiger charge is 2.23. The molecule has 1 aliphatic heterocycles. The second kappa shape index (κ2) is 5.30. The Labute approximate surface area is 85.6 Å². The molecule has 2 N–H and O–H groups in total. The van der Waals surface area contributed by atoms with Gasteiger partial charge in [-0.05, 0) is 20.3 Å². The van der Waals surface area contributed by atoms with Gasteiger partial charge in [-0.25, -0.2) is 0 Å². The summed E-state index contributed by atoms with van der Waals surface area (Å²) < 4.78 is 5.52. The van der Waals surface area contributed by atoms with Gasteiger partial charge in [-0.1, -0.05) is 0 Å². The second-order valence-corrected chi connectivity index (χ2v) is 4.01. The number of nitrogens with two attached hydrogens (primary N) is 1. The topological polar surface area (TPSA) is 62.3 Å². The third-order valence-electron chi connectivity index (χ3n) is 2.63. The van der Waals surface area contributed by atoms with Gasteiger partial charge in [0, 0.05) is 19.1 Å². The molecule has 0 aromatic heterocycles. The van der Waals surface area contributed by atoms with Gasteiger partial charge in [0.25, 0.3) is 0 Å². The summed E-state index contributed by atoms with van der Waals surface area (Å²) in [6.45, 7) is 6.83. The maximum absolute atomic E-state index is 8.56. The average Bonchev–Trinajstić information content (AvgIpc) is 2.19. The highest BCUT2D eigenvalue weighted by Crippen LogP contribution is 2.11. The number of morpholine rings is 1. The van der Waals surface area contributed by atoms with E-state index in [-0.39, 0.29) is 6.04 Å². The van der Waals surface area contributed by atoms with E-state index < -0.39 is 0 Å². The third kappa shape index (κ3) is 3.26. The molecule has 1 fully saturated rings. The quantitative estimate of drug-likeness (QED) is 0.708. The van der Waals surface area contributed by atoms with Crippen LogP contribution in [0.1, 0.15) is 20.3 Å². The Hall–Kier alpha value is -0.630. The minimum absolute atomic E-state index is 0.296. The molecule has 0 saturated carbocycles. The molecule has 0 radical (unpaired) electrons. The standard InChI is InChI=1S/C10H19N3O/c1-8-7-14-9(2)6-13(8)4-3-10(12)5-11/h8-10H,3-4,6-7,12H2,1-2H3. The number of hydrogen-bond acceptors (Lipinski definition) is 4. The number of nitrogens with zero attached hydrogens (tertiary/aromatic N) is 2. The van der Waals surface area contributed by atoms with Crippen LogP contribution in [0.15, 0.2) is 0 Å². The van der Waals surface area contributed by atoms with E-state index in [2.05, 4.69) is 24.8 Å². The molecule has 80 valence electrons. The molecule has 14 heavy (non-hydrogen) atoms. The van der Waals surface area contributed by atoms with Crippen LogP contribution in [0.3, 0.4) is 0 Å². The van der Waals surface area contributed by atoms with Gasteiger partial charge in [0.05, 0.1) is 24.8 Å². The monoisotopic (exact) mass is 197 g/mol. The summed E-state index contributed by atoms with van der Waals surface area (Å²) in [4.78, 5) is 2.34. The number of nitriles is 1. The third-order valence-corrected chi connectivity index (χ3v) is 2.63. The number of ether oxygens (including phenoxy) is 1. The van der Waals surface area contributed by atoms with Crippen LogP contribution < -0.4 is 5.73 Å². The lowest BCUT2D eigenvalue weighted by atomic mass is 10.1. The van der Waals surface area contributed by atoms with Crippen molar-refractivity contribution in [2.24, 2.45) is 5.73 Å². The Kier molecular flexibility index (Phi) is 4.33. The molecule has 0 bridgehead atoms. The summed E-state index contributed by atoms with van der Waals surface area (Å²) in [6.07, 6.45) is 1.04. The maximum atomic E-state index is 8.56. The molecule has 0 aliphatic carbocycles. The average molecular weight is 197 g/mol. The van der Waals surface area contributed by atoms with Crippen LogP contribution in [-0.4, -0.2) is 42.8 Å². The van der Waals surface area contributed by atoms with E-state index in [0.717, 1.165) is 26.1 Å². The largest absolute Gasteiger partial charge is 0.376 e. The van der Waals surface area contributed by atoms with Crippen molar-refractivity contribution >= 4 is 0 Å². The van der Waals surface area contributed by atoms with Gasteiger partial charge in [-0.2, -0.15) is 5.26 Å². The zero-order valence-electron chi connectivity index (χ0n) is 8.94. The number of rotatable bonds is 3. The summed E-state index contributed by atoms with van der Waals surface area (Å²) in [5.74, 6) is 0. The first-order valence-electron chi connectivity index (χ1n) is 5.14. The van der Waals surface area contributed by atoms with Crippen LogP contribution in [0.25, 0.3) is 0 Å². The van der Waals surface area contributed by atoms with Crippen molar-refractivity contribution in [3.8, 4) is 6.07 Å². The first kappa shape index (κ1) is 11.4. The van der Waals surface area contributed by atoms with Crippen LogP contribution in [0.4, 0.5) is 0 Å². The Morgan fingerprint density at radius 2 is 2.36 bits per heavy atom. The molecule has 1 heterocycles. The van der Waals surface area contributed by atoms with Crippen molar-refractivity contribution in [3.05, 3.63) is 0 Å². The van der Waals surface area contributed by atoms with Gasteiger partial charge in [-0.3, -0.25) is 4.90 Å². The van der Waals surface area contributed by atoms with Gasteiger partial charge < -0.3 is 10.5 Å². The van der Waals surface area contributed by atoms with Crippen LogP contribution in [-0.2, 0) is 4.74 Å². The predicted molar refractivity (Wildman–Crippen MR) is 54.7 cm³/mol. The minimum Gasteiger partial charge on any atom is -0.376 e. The fourth-order valence-electron chi connectivity index (χ4n) is 1.65. The normalized spacial score (nSPS) is 31.0. The molecule has 4 heteroatoms. The molecule has 1 rings (SSSR count). The van der Waals surface area contributed by atoms with Crippen molar-refractivity contribution in [3.63, 3.8) is 0 Å². The lowest BCUT2D eigenvalue weighted by Crippen LogP contribution is -2.48. The Morgan fingerprint density at radius 3 is 3.00 bits per heavy atom. The van der Waals surface area contributed by atoms with E-state index in [1.165, 1.54) is 0 Å². The van der Waals surface area contributed by atoms with Crippen LogP contribution >= 0.6 is 0 Å². The van der Waals surface area contributed by atoms with E-state index in [1.807, 2.05) is 0 Å². The smallest absolute Gasteiger partial charge is 0.0940 e. The molecular weight excluding hydrogens is 178 g/mol. The van der Waals surface area contributed by atoms with Gasteiger partial charge in [0.2, 0.25) is 0 Å². The first-order chi connectivity index (χ1) is 6.63. The van der Waals surface area contributed by atoms with Crippen molar-refractivity contribution in [2.75, 3.05) is 19.7 Å². The highest BCUT2D eigenvalue weighted by atomic mass is 16.5. The molecule has 3 unspecified atom stereocenters. The highest BCUT2D eigenvalue weighted by molar-refractivity contribution is 4.88. The van der Waals surface area contributed by atoms with Crippen LogP contribution in [0.5, 0.6) is 0 Å². The fourth-order valence-corrected chi connectivity index (χ4v) is 1.65. The molecule has 0 aromatic carbocycles. The summed E-state index contributed by atoms with van der Waals surface area (Å²) in [5, 5.41) is 8.56. The lowest BCUT2D eigenvalue weighted by Gasteiger charge is -2.36. The predicted octanol–water partition coefficient (Wildman–Crippen LogP) is 0.337. The Morgan fingerprint density at radius 1 is 1.64 bits per heavy atom. The Bertz CT molecular complexity index is 214. The van der Waals surface area contributed by atoms with Gasteiger partial charge >= 0.3 is 0 Å². The molecular formula is C10H19N3O.